The van der Waals surface area contributed by atoms with Gasteiger partial charge in [-0.2, -0.15) is 5.10 Å². The predicted molar refractivity (Wildman–Crippen MR) is 74.2 cm³/mol. The first-order valence-corrected chi connectivity index (χ1v) is 6.88. The lowest BCUT2D eigenvalue weighted by Crippen LogP contribution is -2.16. The highest BCUT2D eigenvalue weighted by atomic mass is 35.5. The molecule has 0 aliphatic rings. The molecule has 2 aromatic rings. The quantitative estimate of drug-likeness (QED) is 0.810. The maximum absolute atomic E-state index is 11.0. The number of nitrogens with zero attached hydrogens (tertiary/aromatic N) is 4. The van der Waals surface area contributed by atoms with Gasteiger partial charge in [-0.1, -0.05) is 0 Å². The molecule has 0 atom stereocenters. The van der Waals surface area contributed by atoms with Crippen molar-refractivity contribution in [1.82, 2.24) is 19.3 Å². The minimum Gasteiger partial charge on any atom is -0.370 e. The molecule has 6 nitrogen and oxygen atoms in total. The van der Waals surface area contributed by atoms with E-state index >= 15 is 0 Å². The number of halogens is 1. The molecule has 7 heteroatoms. The van der Waals surface area contributed by atoms with E-state index in [-0.39, 0.29) is 12.3 Å². The van der Waals surface area contributed by atoms with Crippen molar-refractivity contribution in [2.75, 3.05) is 5.88 Å². The second-order valence-corrected chi connectivity index (χ2v) is 4.79. The van der Waals surface area contributed by atoms with Crippen molar-refractivity contribution in [3.8, 4) is 0 Å². The summed E-state index contributed by atoms with van der Waals surface area (Å²) < 4.78 is 3.91. The third-order valence-electron chi connectivity index (χ3n) is 3.08. The number of alkyl halides is 1. The Labute approximate surface area is 116 Å². The molecule has 1 amide bonds. The number of fused-ring (bicyclic) bond motifs is 1. The summed E-state index contributed by atoms with van der Waals surface area (Å²) in [7, 11) is 0. The average molecular weight is 284 g/mol. The molecule has 2 heterocycles. The summed E-state index contributed by atoms with van der Waals surface area (Å²) in [6.07, 6.45) is 0.951. The molecule has 0 aliphatic carbocycles. The third-order valence-corrected chi connectivity index (χ3v) is 3.27. The molecule has 0 aliphatic heterocycles. The fourth-order valence-corrected chi connectivity index (χ4v) is 2.39. The Morgan fingerprint density at radius 3 is 2.79 bits per heavy atom. The third kappa shape index (κ3) is 2.58. The van der Waals surface area contributed by atoms with Crippen LogP contribution in [0.5, 0.6) is 0 Å². The van der Waals surface area contributed by atoms with Crippen LogP contribution < -0.4 is 5.73 Å². The Kier molecular flexibility index (Phi) is 4.09. The summed E-state index contributed by atoms with van der Waals surface area (Å²) in [5.41, 5.74) is 7.95. The highest BCUT2D eigenvalue weighted by molar-refractivity contribution is 6.17. The molecule has 0 fully saturated rings. The minimum absolute atomic E-state index is 0.286. The SMILES string of the molecule is CCn1nc(C)c2nc(CCCl)n(CCC(N)=O)c21. The van der Waals surface area contributed by atoms with E-state index in [0.717, 1.165) is 29.2 Å². The van der Waals surface area contributed by atoms with Crippen molar-refractivity contribution in [3.63, 3.8) is 0 Å². The van der Waals surface area contributed by atoms with Gasteiger partial charge in [-0.05, 0) is 13.8 Å². The van der Waals surface area contributed by atoms with E-state index in [4.69, 9.17) is 17.3 Å². The van der Waals surface area contributed by atoms with E-state index in [2.05, 4.69) is 10.1 Å². The van der Waals surface area contributed by atoms with E-state index < -0.39 is 0 Å². The second-order valence-electron chi connectivity index (χ2n) is 4.41. The molecule has 104 valence electrons. The zero-order valence-electron chi connectivity index (χ0n) is 11.2. The van der Waals surface area contributed by atoms with Crippen molar-refractivity contribution in [3.05, 3.63) is 11.5 Å². The first-order chi connectivity index (χ1) is 9.08. The number of nitrogens with two attached hydrogens (primary N) is 1. The summed E-state index contributed by atoms with van der Waals surface area (Å²) in [6, 6.07) is 0. The largest absolute Gasteiger partial charge is 0.370 e. The minimum atomic E-state index is -0.321. The maximum atomic E-state index is 11.0. The fraction of sp³-hybridized carbons (Fsp3) is 0.583. The molecule has 19 heavy (non-hydrogen) atoms. The summed E-state index contributed by atoms with van der Waals surface area (Å²) in [5.74, 6) is 1.06. The lowest BCUT2D eigenvalue weighted by molar-refractivity contribution is -0.118. The Hall–Kier alpha value is -1.56. The van der Waals surface area contributed by atoms with E-state index in [1.165, 1.54) is 0 Å². The summed E-state index contributed by atoms with van der Waals surface area (Å²) in [6.45, 7) is 5.24. The number of carbonyl (C=O) groups is 1. The highest BCUT2D eigenvalue weighted by Gasteiger charge is 2.18. The van der Waals surface area contributed by atoms with Gasteiger partial charge in [-0.15, -0.1) is 11.6 Å². The van der Waals surface area contributed by atoms with Crippen molar-refractivity contribution in [2.45, 2.75) is 39.8 Å². The molecule has 0 bridgehead atoms. The molecular weight excluding hydrogens is 266 g/mol. The van der Waals surface area contributed by atoms with Crippen LogP contribution in [0.15, 0.2) is 0 Å². The lowest BCUT2D eigenvalue weighted by Gasteiger charge is -2.08. The molecule has 2 N–H and O–H groups in total. The van der Waals surface area contributed by atoms with Crippen LogP contribution >= 0.6 is 11.6 Å². The first-order valence-electron chi connectivity index (χ1n) is 6.35. The number of carbonyl (C=O) groups excluding carboxylic acids is 1. The van der Waals surface area contributed by atoms with Crippen LogP contribution in [0.1, 0.15) is 24.9 Å². The highest BCUT2D eigenvalue weighted by Crippen LogP contribution is 2.20. The van der Waals surface area contributed by atoms with Gasteiger partial charge in [0.25, 0.3) is 0 Å². The number of imidazole rings is 1. The van der Waals surface area contributed by atoms with Gasteiger partial charge in [-0.3, -0.25) is 4.79 Å². The van der Waals surface area contributed by atoms with Gasteiger partial charge in [0.2, 0.25) is 5.91 Å². The molecule has 0 radical (unpaired) electrons. The van der Waals surface area contributed by atoms with Crippen LogP contribution in [0.2, 0.25) is 0 Å². The van der Waals surface area contributed by atoms with Crippen molar-refractivity contribution >= 4 is 28.7 Å². The van der Waals surface area contributed by atoms with Gasteiger partial charge in [0.1, 0.15) is 11.3 Å². The van der Waals surface area contributed by atoms with Gasteiger partial charge in [0, 0.05) is 31.8 Å². The van der Waals surface area contributed by atoms with E-state index in [1.54, 1.807) is 0 Å². The van der Waals surface area contributed by atoms with Gasteiger partial charge >= 0.3 is 0 Å². The summed E-state index contributed by atoms with van der Waals surface area (Å²) in [5, 5.41) is 4.44. The van der Waals surface area contributed by atoms with Crippen LogP contribution in [0.3, 0.4) is 0 Å². The zero-order valence-corrected chi connectivity index (χ0v) is 11.9. The number of aryl methyl sites for hydroxylation is 4. The van der Waals surface area contributed by atoms with Gasteiger partial charge in [0.05, 0.1) is 5.69 Å². The molecule has 0 saturated heterocycles. The lowest BCUT2D eigenvalue weighted by atomic mass is 10.3. The molecule has 0 saturated carbocycles. The van der Waals surface area contributed by atoms with Gasteiger partial charge < -0.3 is 10.3 Å². The second kappa shape index (κ2) is 5.61. The standard InChI is InChI=1S/C12H18ClN5O/c1-3-18-12-11(8(2)16-18)15-10(4-6-13)17(12)7-5-9(14)19/h3-7H2,1-2H3,(H2,14,19). The van der Waals surface area contributed by atoms with Crippen LogP contribution in [0.25, 0.3) is 11.2 Å². The summed E-state index contributed by atoms with van der Waals surface area (Å²) >= 11 is 5.81. The number of amides is 1. The monoisotopic (exact) mass is 283 g/mol. The number of aromatic nitrogens is 4. The number of hydrogen-bond acceptors (Lipinski definition) is 3. The average Bonchev–Trinajstić information content (AvgIpc) is 2.86. The topological polar surface area (TPSA) is 78.7 Å². The smallest absolute Gasteiger partial charge is 0.219 e. The molecule has 0 spiro atoms. The van der Waals surface area contributed by atoms with E-state index in [0.29, 0.717) is 18.8 Å². The Morgan fingerprint density at radius 2 is 2.21 bits per heavy atom. The Balaban J connectivity index is 2.53. The van der Waals surface area contributed by atoms with E-state index in [9.17, 15) is 4.79 Å². The van der Waals surface area contributed by atoms with Crippen LogP contribution in [-0.2, 0) is 24.3 Å². The number of hydrogen-bond donors (Lipinski definition) is 1. The van der Waals surface area contributed by atoms with Crippen molar-refractivity contribution < 1.29 is 4.79 Å². The molecule has 0 aromatic carbocycles. The molecule has 2 rings (SSSR count). The Morgan fingerprint density at radius 1 is 1.47 bits per heavy atom. The van der Waals surface area contributed by atoms with Gasteiger partial charge in [0.15, 0.2) is 5.65 Å². The first kappa shape index (κ1) is 13.9. The predicted octanol–water partition coefficient (Wildman–Crippen LogP) is 1.22. The number of primary amides is 1. The summed E-state index contributed by atoms with van der Waals surface area (Å²) in [4.78, 5) is 15.6. The fourth-order valence-electron chi connectivity index (χ4n) is 2.22. The van der Waals surface area contributed by atoms with Gasteiger partial charge in [-0.25, -0.2) is 9.67 Å². The van der Waals surface area contributed by atoms with Crippen LogP contribution in [0.4, 0.5) is 0 Å². The van der Waals surface area contributed by atoms with Crippen molar-refractivity contribution in [2.24, 2.45) is 5.73 Å². The van der Waals surface area contributed by atoms with Crippen LogP contribution in [-0.4, -0.2) is 31.1 Å². The van der Waals surface area contributed by atoms with E-state index in [1.807, 2.05) is 23.1 Å². The zero-order chi connectivity index (χ0) is 14.0. The van der Waals surface area contributed by atoms with Crippen molar-refractivity contribution in [1.29, 1.82) is 0 Å². The molecule has 0 unspecified atom stereocenters. The molecule has 2 aromatic heterocycles. The van der Waals surface area contributed by atoms with Crippen LogP contribution in [0, 0.1) is 6.92 Å². The normalized spacial score (nSPS) is 11.3. The maximum Gasteiger partial charge on any atom is 0.219 e. The Bertz CT molecular complexity index is 601. The molecular formula is C12H18ClN5O. The number of rotatable bonds is 6.